The van der Waals surface area contributed by atoms with Crippen molar-refractivity contribution in [2.45, 2.75) is 37.6 Å². The molecule has 0 bridgehead atoms. The Hall–Kier alpha value is -1.90. The molecule has 0 atom stereocenters. The maximum absolute atomic E-state index is 13.0. The summed E-state index contributed by atoms with van der Waals surface area (Å²) in [5, 5.41) is 3.84. The molecular formula is C20H29N3O4S. The predicted octanol–water partition coefficient (Wildman–Crippen LogP) is 2.21. The fourth-order valence-electron chi connectivity index (χ4n) is 3.69. The molecule has 1 amide bonds. The molecule has 2 aromatic rings. The third-order valence-electron chi connectivity index (χ3n) is 5.37. The van der Waals surface area contributed by atoms with Crippen LogP contribution in [0.15, 0.2) is 35.4 Å². The van der Waals surface area contributed by atoms with Crippen LogP contribution in [0, 0.1) is 5.92 Å². The summed E-state index contributed by atoms with van der Waals surface area (Å²) in [6.45, 7) is 4.84. The van der Waals surface area contributed by atoms with E-state index in [4.69, 9.17) is 4.74 Å². The second-order valence-corrected chi connectivity index (χ2v) is 9.08. The van der Waals surface area contributed by atoms with Gasteiger partial charge in [-0.25, -0.2) is 8.42 Å². The van der Waals surface area contributed by atoms with Gasteiger partial charge in [0.05, 0.1) is 4.90 Å². The van der Waals surface area contributed by atoms with Crippen molar-refractivity contribution < 1.29 is 17.9 Å². The third kappa shape index (κ3) is 4.39. The van der Waals surface area contributed by atoms with Crippen molar-refractivity contribution in [2.24, 2.45) is 5.92 Å². The molecule has 8 heteroatoms. The second kappa shape index (κ2) is 9.07. The summed E-state index contributed by atoms with van der Waals surface area (Å²) >= 11 is 0. The number of amides is 1. The van der Waals surface area contributed by atoms with Gasteiger partial charge in [0, 0.05) is 62.9 Å². The summed E-state index contributed by atoms with van der Waals surface area (Å²) in [5.41, 5.74) is 1.03. The Balaban J connectivity index is 1.62. The first-order valence-electron chi connectivity index (χ1n) is 9.83. The van der Waals surface area contributed by atoms with Gasteiger partial charge in [-0.05, 0) is 50.5 Å². The highest BCUT2D eigenvalue weighted by atomic mass is 32.2. The van der Waals surface area contributed by atoms with E-state index in [-0.39, 0.29) is 11.8 Å². The minimum Gasteiger partial charge on any atom is -0.385 e. The lowest BCUT2D eigenvalue weighted by atomic mass is 9.97. The van der Waals surface area contributed by atoms with Crippen molar-refractivity contribution in [2.75, 3.05) is 33.4 Å². The van der Waals surface area contributed by atoms with Crippen LogP contribution < -0.4 is 5.32 Å². The number of nitrogens with zero attached hydrogens (tertiary/aromatic N) is 2. The van der Waals surface area contributed by atoms with E-state index >= 15 is 0 Å². The maximum Gasteiger partial charge on any atom is 0.243 e. The van der Waals surface area contributed by atoms with Gasteiger partial charge in [-0.15, -0.1) is 0 Å². The van der Waals surface area contributed by atoms with Crippen LogP contribution in [-0.2, 0) is 26.1 Å². The Morgan fingerprint density at radius 3 is 2.68 bits per heavy atom. The van der Waals surface area contributed by atoms with Gasteiger partial charge in [0.25, 0.3) is 0 Å². The topological polar surface area (TPSA) is 80.6 Å². The van der Waals surface area contributed by atoms with E-state index in [0.29, 0.717) is 44.0 Å². The summed E-state index contributed by atoms with van der Waals surface area (Å²) in [6, 6.07) is 7.23. The molecule has 1 N–H and O–H groups in total. The molecule has 1 aromatic carbocycles. The van der Waals surface area contributed by atoms with Gasteiger partial charge >= 0.3 is 0 Å². The molecule has 1 aliphatic heterocycles. The standard InChI is InChI=1S/C20H29N3O4S/c1-3-22-11-7-17-15-18(5-6-19(17)22)28(25,26)23-12-8-16(9-13-23)20(24)21-10-4-14-27-2/h5-7,11,15-16H,3-4,8-10,12-14H2,1-2H3,(H,21,24). The number of carbonyl (C=O) groups is 1. The molecule has 28 heavy (non-hydrogen) atoms. The molecule has 0 radical (unpaired) electrons. The van der Waals surface area contributed by atoms with Crippen molar-refractivity contribution in [3.8, 4) is 0 Å². The molecule has 1 saturated heterocycles. The van der Waals surface area contributed by atoms with E-state index in [1.807, 2.05) is 18.3 Å². The summed E-state index contributed by atoms with van der Waals surface area (Å²) < 4.78 is 34.6. The first-order chi connectivity index (χ1) is 13.5. The van der Waals surface area contributed by atoms with Gasteiger partial charge in [-0.1, -0.05) is 0 Å². The smallest absolute Gasteiger partial charge is 0.243 e. The van der Waals surface area contributed by atoms with Crippen LogP contribution in [0.1, 0.15) is 26.2 Å². The molecular weight excluding hydrogens is 378 g/mol. The number of nitrogens with one attached hydrogen (secondary N) is 1. The van der Waals surface area contributed by atoms with Crippen LogP contribution in [0.3, 0.4) is 0 Å². The molecule has 2 heterocycles. The quantitative estimate of drug-likeness (QED) is 0.681. The monoisotopic (exact) mass is 407 g/mol. The summed E-state index contributed by atoms with van der Waals surface area (Å²) in [4.78, 5) is 12.6. The molecule has 1 aromatic heterocycles. The number of fused-ring (bicyclic) bond motifs is 1. The van der Waals surface area contributed by atoms with E-state index in [2.05, 4.69) is 16.8 Å². The zero-order valence-electron chi connectivity index (χ0n) is 16.6. The average molecular weight is 408 g/mol. The number of hydrogen-bond acceptors (Lipinski definition) is 4. The Labute approximate surface area is 166 Å². The molecule has 3 rings (SSSR count). The molecule has 0 aliphatic carbocycles. The molecule has 0 unspecified atom stereocenters. The number of aryl methyl sites for hydroxylation is 1. The first kappa shape index (κ1) is 20.8. The lowest BCUT2D eigenvalue weighted by Crippen LogP contribution is -2.43. The van der Waals surface area contributed by atoms with Crippen LogP contribution in [0.4, 0.5) is 0 Å². The number of carbonyl (C=O) groups excluding carboxylic acids is 1. The van der Waals surface area contributed by atoms with Crippen molar-refractivity contribution in [3.05, 3.63) is 30.5 Å². The first-order valence-corrected chi connectivity index (χ1v) is 11.3. The zero-order chi connectivity index (χ0) is 20.1. The number of hydrogen-bond donors (Lipinski definition) is 1. The van der Waals surface area contributed by atoms with Crippen molar-refractivity contribution in [3.63, 3.8) is 0 Å². The molecule has 0 spiro atoms. The largest absolute Gasteiger partial charge is 0.385 e. The lowest BCUT2D eigenvalue weighted by Gasteiger charge is -2.30. The highest BCUT2D eigenvalue weighted by molar-refractivity contribution is 7.89. The highest BCUT2D eigenvalue weighted by Crippen LogP contribution is 2.26. The number of benzene rings is 1. The number of sulfonamides is 1. The lowest BCUT2D eigenvalue weighted by molar-refractivity contribution is -0.126. The highest BCUT2D eigenvalue weighted by Gasteiger charge is 2.32. The molecule has 1 aliphatic rings. The Morgan fingerprint density at radius 2 is 2.00 bits per heavy atom. The van der Waals surface area contributed by atoms with Gasteiger partial charge in [0.15, 0.2) is 0 Å². The van der Waals surface area contributed by atoms with Crippen molar-refractivity contribution in [1.82, 2.24) is 14.2 Å². The van der Waals surface area contributed by atoms with Crippen molar-refractivity contribution >= 4 is 26.8 Å². The number of rotatable bonds is 8. The number of methoxy groups -OCH3 is 1. The van der Waals surface area contributed by atoms with Gasteiger partial charge in [0.1, 0.15) is 0 Å². The van der Waals surface area contributed by atoms with Gasteiger partial charge in [0.2, 0.25) is 15.9 Å². The van der Waals surface area contributed by atoms with Crippen LogP contribution in [0.25, 0.3) is 10.9 Å². The minimum absolute atomic E-state index is 0.00970. The maximum atomic E-state index is 13.0. The average Bonchev–Trinajstić information content (AvgIpc) is 3.13. The minimum atomic E-state index is -3.55. The summed E-state index contributed by atoms with van der Waals surface area (Å²) in [5.74, 6) is -0.120. The Morgan fingerprint density at radius 1 is 1.25 bits per heavy atom. The Kier molecular flexibility index (Phi) is 6.74. The Bertz CT molecular complexity index is 915. The van der Waals surface area contributed by atoms with Gasteiger partial charge < -0.3 is 14.6 Å². The van der Waals surface area contributed by atoms with Crippen molar-refractivity contribution in [1.29, 1.82) is 0 Å². The summed E-state index contributed by atoms with van der Waals surface area (Å²) in [7, 11) is -1.91. The van der Waals surface area contributed by atoms with Crippen LogP contribution >= 0.6 is 0 Å². The number of ether oxygens (including phenoxy) is 1. The summed E-state index contributed by atoms with van der Waals surface area (Å²) in [6.07, 6.45) is 3.84. The van der Waals surface area contributed by atoms with E-state index in [1.54, 1.807) is 19.2 Å². The molecule has 7 nitrogen and oxygen atoms in total. The van der Waals surface area contributed by atoms with E-state index < -0.39 is 10.0 Å². The third-order valence-corrected chi connectivity index (χ3v) is 7.26. The molecule has 1 fully saturated rings. The van der Waals surface area contributed by atoms with E-state index in [1.165, 1.54) is 4.31 Å². The fourth-order valence-corrected chi connectivity index (χ4v) is 5.20. The second-order valence-electron chi connectivity index (χ2n) is 7.14. The van der Waals surface area contributed by atoms with E-state index in [0.717, 1.165) is 23.9 Å². The van der Waals surface area contributed by atoms with Crippen LogP contribution in [-0.4, -0.2) is 56.5 Å². The van der Waals surface area contributed by atoms with E-state index in [9.17, 15) is 13.2 Å². The predicted molar refractivity (Wildman–Crippen MR) is 109 cm³/mol. The number of piperidine rings is 1. The SMILES string of the molecule is CCn1ccc2cc(S(=O)(=O)N3CCC(C(=O)NCCCOC)CC3)ccc21. The molecule has 154 valence electrons. The zero-order valence-corrected chi connectivity index (χ0v) is 17.4. The fraction of sp³-hybridized carbons (Fsp3) is 0.550. The van der Waals surface area contributed by atoms with Crippen LogP contribution in [0.5, 0.6) is 0 Å². The normalized spacial score (nSPS) is 16.5. The van der Waals surface area contributed by atoms with Gasteiger partial charge in [-0.2, -0.15) is 4.31 Å². The van der Waals surface area contributed by atoms with Crippen LogP contribution in [0.2, 0.25) is 0 Å². The number of aromatic nitrogens is 1. The molecule has 0 saturated carbocycles. The van der Waals surface area contributed by atoms with Gasteiger partial charge in [-0.3, -0.25) is 4.79 Å².